The van der Waals surface area contributed by atoms with Crippen LogP contribution in [0.5, 0.6) is 0 Å². The van der Waals surface area contributed by atoms with Gasteiger partial charge in [0.25, 0.3) is 5.69 Å². The molecular weight excluding hydrogens is 242 g/mol. The van der Waals surface area contributed by atoms with Crippen molar-refractivity contribution in [3.05, 3.63) is 71.5 Å². The van der Waals surface area contributed by atoms with Crippen LogP contribution < -0.4 is 0 Å². The number of nitrogens with zero attached hydrogens (tertiary/aromatic N) is 3. The second-order valence-electron chi connectivity index (χ2n) is 3.98. The van der Waals surface area contributed by atoms with Gasteiger partial charge in [-0.25, -0.2) is 0 Å². The SMILES string of the molecule is C=C/C=C(\C=C)Cn1ncc2cc([N+](=O)[O-])ccc21. The average molecular weight is 255 g/mol. The van der Waals surface area contributed by atoms with Crippen molar-refractivity contribution in [2.24, 2.45) is 0 Å². The van der Waals surface area contributed by atoms with Crippen LogP contribution in [0.2, 0.25) is 0 Å². The summed E-state index contributed by atoms with van der Waals surface area (Å²) in [7, 11) is 0. The minimum atomic E-state index is -0.413. The Morgan fingerprint density at radius 2 is 2.26 bits per heavy atom. The molecule has 0 amide bonds. The molecule has 0 fully saturated rings. The maximum absolute atomic E-state index is 10.7. The maximum atomic E-state index is 10.7. The van der Waals surface area contributed by atoms with Crippen LogP contribution >= 0.6 is 0 Å². The Morgan fingerprint density at radius 1 is 1.47 bits per heavy atom. The first-order valence-electron chi connectivity index (χ1n) is 5.69. The number of aromatic nitrogens is 2. The van der Waals surface area contributed by atoms with E-state index < -0.39 is 4.92 Å². The van der Waals surface area contributed by atoms with Gasteiger partial charge in [-0.3, -0.25) is 14.8 Å². The highest BCUT2D eigenvalue weighted by atomic mass is 16.6. The molecule has 1 aromatic carbocycles. The first kappa shape index (κ1) is 12.8. The fourth-order valence-corrected chi connectivity index (χ4v) is 1.82. The van der Waals surface area contributed by atoms with Gasteiger partial charge in [0, 0.05) is 17.5 Å². The Labute approximate surface area is 110 Å². The summed E-state index contributed by atoms with van der Waals surface area (Å²) in [4.78, 5) is 10.3. The molecule has 0 aliphatic rings. The molecule has 0 unspecified atom stereocenters. The van der Waals surface area contributed by atoms with E-state index in [1.165, 1.54) is 12.1 Å². The third-order valence-electron chi connectivity index (χ3n) is 2.76. The van der Waals surface area contributed by atoms with Crippen LogP contribution in [0.1, 0.15) is 0 Å². The number of hydrogen-bond donors (Lipinski definition) is 0. The number of nitro benzene ring substituents is 1. The summed E-state index contributed by atoms with van der Waals surface area (Å²) in [6.07, 6.45) is 6.90. The molecule has 0 aliphatic heterocycles. The molecule has 0 N–H and O–H groups in total. The lowest BCUT2D eigenvalue weighted by Crippen LogP contribution is -2.01. The number of fused-ring (bicyclic) bond motifs is 1. The maximum Gasteiger partial charge on any atom is 0.270 e. The molecule has 0 saturated heterocycles. The summed E-state index contributed by atoms with van der Waals surface area (Å²) in [5.41, 5.74) is 1.89. The lowest BCUT2D eigenvalue weighted by atomic mass is 10.2. The molecule has 1 aromatic heterocycles. The lowest BCUT2D eigenvalue weighted by molar-refractivity contribution is -0.384. The van der Waals surface area contributed by atoms with Gasteiger partial charge in [-0.2, -0.15) is 5.10 Å². The number of non-ortho nitro benzene ring substituents is 1. The molecule has 19 heavy (non-hydrogen) atoms. The van der Waals surface area contributed by atoms with Gasteiger partial charge in [-0.05, 0) is 11.6 Å². The Morgan fingerprint density at radius 3 is 2.89 bits per heavy atom. The van der Waals surface area contributed by atoms with E-state index in [2.05, 4.69) is 18.3 Å². The molecule has 0 bridgehead atoms. The zero-order valence-electron chi connectivity index (χ0n) is 10.3. The zero-order chi connectivity index (χ0) is 13.8. The summed E-state index contributed by atoms with van der Waals surface area (Å²) < 4.78 is 1.77. The summed E-state index contributed by atoms with van der Waals surface area (Å²) in [6, 6.07) is 4.70. The summed E-state index contributed by atoms with van der Waals surface area (Å²) in [5, 5.41) is 15.7. The minimum absolute atomic E-state index is 0.0672. The third-order valence-corrected chi connectivity index (χ3v) is 2.76. The van der Waals surface area contributed by atoms with Crippen molar-refractivity contribution in [3.63, 3.8) is 0 Å². The number of nitro groups is 1. The standard InChI is InChI=1S/C14H13N3O2/c1-3-5-11(4-2)10-16-14-7-6-13(17(18)19)8-12(14)9-15-16/h3-9H,1-2,10H2/b11-5+. The Balaban J connectivity index is 2.41. The number of hydrogen-bond acceptors (Lipinski definition) is 3. The van der Waals surface area contributed by atoms with Crippen molar-refractivity contribution in [2.45, 2.75) is 6.54 Å². The quantitative estimate of drug-likeness (QED) is 0.468. The van der Waals surface area contributed by atoms with Gasteiger partial charge in [0.2, 0.25) is 0 Å². The van der Waals surface area contributed by atoms with E-state index in [0.29, 0.717) is 6.54 Å². The second kappa shape index (κ2) is 5.30. The van der Waals surface area contributed by atoms with Crippen molar-refractivity contribution in [1.29, 1.82) is 0 Å². The van der Waals surface area contributed by atoms with Crippen LogP contribution in [0.15, 0.2) is 61.4 Å². The Kier molecular flexibility index (Phi) is 3.56. The van der Waals surface area contributed by atoms with Gasteiger partial charge in [0.15, 0.2) is 0 Å². The predicted molar refractivity (Wildman–Crippen MR) is 74.9 cm³/mol. The summed E-state index contributed by atoms with van der Waals surface area (Å²) in [5.74, 6) is 0. The van der Waals surface area contributed by atoms with E-state index in [4.69, 9.17) is 0 Å². The van der Waals surface area contributed by atoms with E-state index in [9.17, 15) is 10.1 Å². The van der Waals surface area contributed by atoms with Gasteiger partial charge in [-0.1, -0.05) is 31.4 Å². The molecule has 0 atom stereocenters. The van der Waals surface area contributed by atoms with Crippen molar-refractivity contribution in [1.82, 2.24) is 9.78 Å². The van der Waals surface area contributed by atoms with Crippen LogP contribution in [0, 0.1) is 10.1 Å². The fraction of sp³-hybridized carbons (Fsp3) is 0.0714. The molecule has 2 aromatic rings. The lowest BCUT2D eigenvalue weighted by Gasteiger charge is -2.04. The Hall–Kier alpha value is -2.69. The van der Waals surface area contributed by atoms with Crippen molar-refractivity contribution in [3.8, 4) is 0 Å². The van der Waals surface area contributed by atoms with Gasteiger partial charge in [-0.15, -0.1) is 0 Å². The highest BCUT2D eigenvalue weighted by molar-refractivity contribution is 5.81. The number of rotatable bonds is 5. The molecule has 0 spiro atoms. The molecule has 2 rings (SSSR count). The monoisotopic (exact) mass is 255 g/mol. The first-order valence-corrected chi connectivity index (χ1v) is 5.69. The Bertz CT molecular complexity index is 683. The largest absolute Gasteiger partial charge is 0.270 e. The van der Waals surface area contributed by atoms with Gasteiger partial charge in [0.05, 0.1) is 23.2 Å². The zero-order valence-corrected chi connectivity index (χ0v) is 10.3. The fourth-order valence-electron chi connectivity index (χ4n) is 1.82. The molecule has 5 heteroatoms. The van der Waals surface area contributed by atoms with E-state index in [-0.39, 0.29) is 5.69 Å². The number of benzene rings is 1. The van der Waals surface area contributed by atoms with Gasteiger partial charge >= 0.3 is 0 Å². The molecule has 0 saturated carbocycles. The summed E-state index contributed by atoms with van der Waals surface area (Å²) in [6.45, 7) is 7.93. The second-order valence-corrected chi connectivity index (χ2v) is 3.98. The van der Waals surface area contributed by atoms with Gasteiger partial charge in [0.1, 0.15) is 0 Å². The van der Waals surface area contributed by atoms with E-state index in [1.807, 2.05) is 6.08 Å². The highest BCUT2D eigenvalue weighted by Gasteiger charge is 2.09. The summed E-state index contributed by atoms with van der Waals surface area (Å²) >= 11 is 0. The van der Waals surface area contributed by atoms with E-state index in [0.717, 1.165) is 16.5 Å². The van der Waals surface area contributed by atoms with Crippen LogP contribution in [0.25, 0.3) is 10.9 Å². The van der Waals surface area contributed by atoms with Crippen molar-refractivity contribution in [2.75, 3.05) is 0 Å². The van der Waals surface area contributed by atoms with Crippen LogP contribution in [0.4, 0.5) is 5.69 Å². The van der Waals surface area contributed by atoms with Crippen molar-refractivity contribution < 1.29 is 4.92 Å². The predicted octanol–water partition coefficient (Wildman–Crippen LogP) is 3.24. The molecule has 1 heterocycles. The van der Waals surface area contributed by atoms with Crippen LogP contribution in [-0.2, 0) is 6.54 Å². The minimum Gasteiger partial charge on any atom is -0.260 e. The van der Waals surface area contributed by atoms with E-state index in [1.54, 1.807) is 29.1 Å². The normalized spacial score (nSPS) is 11.5. The molecule has 0 radical (unpaired) electrons. The molecular formula is C14H13N3O2. The highest BCUT2D eigenvalue weighted by Crippen LogP contribution is 2.21. The van der Waals surface area contributed by atoms with Crippen LogP contribution in [-0.4, -0.2) is 14.7 Å². The average Bonchev–Trinajstić information content (AvgIpc) is 2.80. The molecule has 96 valence electrons. The number of allylic oxidation sites excluding steroid dienone is 4. The topological polar surface area (TPSA) is 61.0 Å². The van der Waals surface area contributed by atoms with Crippen molar-refractivity contribution >= 4 is 16.6 Å². The van der Waals surface area contributed by atoms with E-state index >= 15 is 0 Å². The smallest absolute Gasteiger partial charge is 0.260 e. The first-order chi connectivity index (χ1) is 9.15. The third kappa shape index (κ3) is 2.60. The van der Waals surface area contributed by atoms with Crippen LogP contribution in [0.3, 0.4) is 0 Å². The molecule has 5 nitrogen and oxygen atoms in total. The van der Waals surface area contributed by atoms with Gasteiger partial charge < -0.3 is 0 Å². The molecule has 0 aliphatic carbocycles.